The van der Waals surface area contributed by atoms with Gasteiger partial charge in [0.15, 0.2) is 0 Å². The molecule has 1 aromatic rings. The van der Waals surface area contributed by atoms with Gasteiger partial charge in [0, 0.05) is 0 Å². The van der Waals surface area contributed by atoms with Gasteiger partial charge in [-0.25, -0.2) is 0 Å². The van der Waals surface area contributed by atoms with Gasteiger partial charge < -0.3 is 4.48 Å². The Kier molecular flexibility index (Phi) is 5.76. The minimum Gasteiger partial charge on any atom is -0.329 e. The highest BCUT2D eigenvalue weighted by Gasteiger charge is 2.24. The summed E-state index contributed by atoms with van der Waals surface area (Å²) in [5.41, 5.74) is 1.25. The SMILES string of the molecule is C[N+](C)(C/C=C/C=C/c1ccccc1)C[Si](C)(C)C. The minimum atomic E-state index is -0.993. The van der Waals surface area contributed by atoms with E-state index in [2.05, 4.69) is 82.3 Å². The Morgan fingerprint density at radius 2 is 1.63 bits per heavy atom. The summed E-state index contributed by atoms with van der Waals surface area (Å²) in [6.07, 6.45) is 10.0. The van der Waals surface area contributed by atoms with Crippen molar-refractivity contribution in [2.45, 2.75) is 19.6 Å². The van der Waals surface area contributed by atoms with Crippen LogP contribution in [-0.2, 0) is 0 Å². The fourth-order valence-corrected chi connectivity index (χ4v) is 5.20. The standard InChI is InChI=1S/C17H28NSi/c1-18(2,16-19(3,4)5)15-11-7-10-14-17-12-8-6-9-13-17/h6-14H,15-16H2,1-5H3/q+1/b11-7+,14-10+. The molecule has 19 heavy (non-hydrogen) atoms. The molecule has 1 aromatic carbocycles. The first-order valence-electron chi connectivity index (χ1n) is 6.99. The molecule has 0 aliphatic heterocycles. The van der Waals surface area contributed by atoms with Crippen molar-refractivity contribution in [1.29, 1.82) is 0 Å². The van der Waals surface area contributed by atoms with Gasteiger partial charge >= 0.3 is 0 Å². The summed E-state index contributed by atoms with van der Waals surface area (Å²) in [6, 6.07) is 10.4. The zero-order chi connectivity index (χ0) is 14.4. The second-order valence-corrected chi connectivity index (χ2v) is 12.5. The van der Waals surface area contributed by atoms with E-state index in [0.29, 0.717) is 0 Å². The van der Waals surface area contributed by atoms with Crippen LogP contribution < -0.4 is 0 Å². The summed E-state index contributed by atoms with van der Waals surface area (Å²) in [5.74, 6) is 0. The van der Waals surface area contributed by atoms with Crippen molar-refractivity contribution in [2.24, 2.45) is 0 Å². The van der Waals surface area contributed by atoms with Crippen molar-refractivity contribution in [2.75, 3.05) is 26.8 Å². The molecule has 0 atom stereocenters. The fraction of sp³-hybridized carbons (Fsp3) is 0.412. The average molecular weight is 275 g/mol. The number of nitrogens with zero attached hydrogens (tertiary/aromatic N) is 1. The highest BCUT2D eigenvalue weighted by Crippen LogP contribution is 2.09. The average Bonchev–Trinajstić information content (AvgIpc) is 2.26. The molecule has 0 spiro atoms. The monoisotopic (exact) mass is 274 g/mol. The van der Waals surface area contributed by atoms with Crippen molar-refractivity contribution in [3.8, 4) is 0 Å². The Bertz CT molecular complexity index is 424. The number of allylic oxidation sites excluding steroid dienone is 2. The summed E-state index contributed by atoms with van der Waals surface area (Å²) >= 11 is 0. The normalized spacial score (nSPS) is 13.5. The third-order valence-corrected chi connectivity index (χ3v) is 4.64. The third-order valence-electron chi connectivity index (χ3n) is 2.84. The van der Waals surface area contributed by atoms with Crippen molar-refractivity contribution >= 4 is 14.1 Å². The number of likely N-dealkylation sites (N-methyl/N-ethyl adjacent to an activating group) is 1. The molecule has 0 aliphatic carbocycles. The van der Waals surface area contributed by atoms with Gasteiger partial charge in [-0.15, -0.1) is 0 Å². The molecule has 0 fully saturated rings. The maximum absolute atomic E-state index is 2.44. The molecule has 0 aliphatic rings. The van der Waals surface area contributed by atoms with E-state index in [4.69, 9.17) is 0 Å². The second-order valence-electron chi connectivity index (χ2n) is 7.04. The van der Waals surface area contributed by atoms with E-state index in [1.165, 1.54) is 11.7 Å². The topological polar surface area (TPSA) is 0 Å². The van der Waals surface area contributed by atoms with Gasteiger partial charge in [0.05, 0.1) is 26.8 Å². The first-order valence-corrected chi connectivity index (χ1v) is 10.7. The number of hydrogen-bond acceptors (Lipinski definition) is 0. The van der Waals surface area contributed by atoms with Crippen LogP contribution in [0.5, 0.6) is 0 Å². The Morgan fingerprint density at radius 3 is 2.21 bits per heavy atom. The van der Waals surface area contributed by atoms with Gasteiger partial charge in [0.2, 0.25) is 0 Å². The van der Waals surface area contributed by atoms with Crippen LogP contribution in [0.3, 0.4) is 0 Å². The quantitative estimate of drug-likeness (QED) is 0.414. The first kappa shape index (κ1) is 15.9. The largest absolute Gasteiger partial charge is 0.329 e. The predicted molar refractivity (Wildman–Crippen MR) is 89.8 cm³/mol. The zero-order valence-corrected chi connectivity index (χ0v) is 14.1. The Balaban J connectivity index is 2.44. The number of quaternary nitrogens is 1. The minimum absolute atomic E-state index is 0.993. The van der Waals surface area contributed by atoms with Gasteiger partial charge in [-0.05, 0) is 11.6 Å². The molecule has 0 aromatic heterocycles. The Labute approximate surface area is 119 Å². The lowest BCUT2D eigenvalue weighted by Gasteiger charge is -2.34. The fourth-order valence-electron chi connectivity index (χ4n) is 2.50. The molecule has 0 saturated heterocycles. The lowest BCUT2D eigenvalue weighted by molar-refractivity contribution is -0.874. The second kappa shape index (κ2) is 6.87. The maximum atomic E-state index is 2.44. The molecule has 2 heteroatoms. The van der Waals surface area contributed by atoms with Gasteiger partial charge in [0.25, 0.3) is 0 Å². The molecule has 1 rings (SSSR count). The molecule has 0 bridgehead atoms. The zero-order valence-electron chi connectivity index (χ0n) is 13.1. The van der Waals surface area contributed by atoms with E-state index >= 15 is 0 Å². The van der Waals surface area contributed by atoms with E-state index < -0.39 is 8.07 Å². The number of benzene rings is 1. The van der Waals surface area contributed by atoms with Crippen LogP contribution in [0.4, 0.5) is 0 Å². The van der Waals surface area contributed by atoms with Gasteiger partial charge in [-0.2, -0.15) is 0 Å². The summed E-state index contributed by atoms with van der Waals surface area (Å²) in [5, 5.41) is 0. The smallest absolute Gasteiger partial charge is 0.110 e. The van der Waals surface area contributed by atoms with Gasteiger partial charge in [-0.1, -0.05) is 68.2 Å². The van der Waals surface area contributed by atoms with Crippen molar-refractivity contribution in [1.82, 2.24) is 0 Å². The third kappa shape index (κ3) is 7.80. The molecule has 0 heterocycles. The van der Waals surface area contributed by atoms with Crippen LogP contribution >= 0.6 is 0 Å². The molecule has 0 radical (unpaired) electrons. The van der Waals surface area contributed by atoms with E-state index in [1.807, 2.05) is 6.07 Å². The summed E-state index contributed by atoms with van der Waals surface area (Å²) in [4.78, 5) is 0. The van der Waals surface area contributed by atoms with Gasteiger partial charge in [0.1, 0.15) is 8.07 Å². The van der Waals surface area contributed by atoms with Crippen LogP contribution in [0, 0.1) is 0 Å². The molecule has 1 nitrogen and oxygen atoms in total. The highest BCUT2D eigenvalue weighted by molar-refractivity contribution is 6.75. The van der Waals surface area contributed by atoms with Gasteiger partial charge in [-0.3, -0.25) is 0 Å². The lowest BCUT2D eigenvalue weighted by Crippen LogP contribution is -2.50. The van der Waals surface area contributed by atoms with Crippen LogP contribution in [-0.4, -0.2) is 39.4 Å². The van der Waals surface area contributed by atoms with Crippen molar-refractivity contribution in [3.05, 3.63) is 54.1 Å². The van der Waals surface area contributed by atoms with E-state index in [-0.39, 0.29) is 0 Å². The Morgan fingerprint density at radius 1 is 1.00 bits per heavy atom. The summed E-state index contributed by atoms with van der Waals surface area (Å²) < 4.78 is 1.09. The summed E-state index contributed by atoms with van der Waals surface area (Å²) in [7, 11) is 3.65. The Hall–Kier alpha value is -1.12. The van der Waals surface area contributed by atoms with Crippen LogP contribution in [0.15, 0.2) is 48.6 Å². The lowest BCUT2D eigenvalue weighted by atomic mass is 10.2. The van der Waals surface area contributed by atoms with Crippen molar-refractivity contribution < 1.29 is 4.48 Å². The summed E-state index contributed by atoms with van der Waals surface area (Å²) in [6.45, 7) is 8.41. The van der Waals surface area contributed by atoms with Crippen LogP contribution in [0.25, 0.3) is 6.08 Å². The molecule has 0 amide bonds. The first-order chi connectivity index (χ1) is 8.79. The molecular weight excluding hydrogens is 246 g/mol. The molecule has 104 valence electrons. The van der Waals surface area contributed by atoms with Crippen LogP contribution in [0.2, 0.25) is 19.6 Å². The maximum Gasteiger partial charge on any atom is 0.110 e. The molecule has 0 N–H and O–H groups in total. The van der Waals surface area contributed by atoms with E-state index in [9.17, 15) is 0 Å². The molecular formula is C17H28NSi+. The predicted octanol–water partition coefficient (Wildman–Crippen LogP) is 4.21. The van der Waals surface area contributed by atoms with E-state index in [0.717, 1.165) is 11.0 Å². The van der Waals surface area contributed by atoms with E-state index in [1.54, 1.807) is 0 Å². The number of hydrogen-bond donors (Lipinski definition) is 0. The molecule has 0 saturated carbocycles. The highest BCUT2D eigenvalue weighted by atomic mass is 28.3. The van der Waals surface area contributed by atoms with Crippen LogP contribution in [0.1, 0.15) is 5.56 Å². The number of rotatable bonds is 6. The molecule has 0 unspecified atom stereocenters. The van der Waals surface area contributed by atoms with Crippen molar-refractivity contribution in [3.63, 3.8) is 0 Å².